The van der Waals surface area contributed by atoms with Gasteiger partial charge in [0, 0.05) is 12.1 Å². The van der Waals surface area contributed by atoms with Crippen LogP contribution in [0.4, 0.5) is 10.6 Å². The average molecular weight is 317 g/mol. The smallest absolute Gasteiger partial charge is 0.413 e. The van der Waals surface area contributed by atoms with Crippen molar-refractivity contribution < 1.29 is 9.53 Å². The zero-order chi connectivity index (χ0) is 15.5. The zero-order valence-electron chi connectivity index (χ0n) is 11.8. The van der Waals surface area contributed by atoms with E-state index < -0.39 is 6.09 Å². The fourth-order valence-electron chi connectivity index (χ4n) is 1.98. The number of ether oxygens (including phenoxy) is 1. The monoisotopic (exact) mass is 316 g/mol. The van der Waals surface area contributed by atoms with E-state index in [0.29, 0.717) is 16.6 Å². The van der Waals surface area contributed by atoms with E-state index >= 15 is 0 Å². The van der Waals surface area contributed by atoms with E-state index in [4.69, 9.17) is 16.3 Å². The van der Waals surface area contributed by atoms with Crippen LogP contribution in [0.3, 0.4) is 0 Å². The Balaban J connectivity index is 1.68. The molecule has 112 valence electrons. The van der Waals surface area contributed by atoms with E-state index in [-0.39, 0.29) is 6.61 Å². The van der Waals surface area contributed by atoms with Crippen LogP contribution in [0.2, 0.25) is 5.15 Å². The Morgan fingerprint density at radius 3 is 2.86 bits per heavy atom. The van der Waals surface area contributed by atoms with Gasteiger partial charge >= 0.3 is 6.09 Å². The van der Waals surface area contributed by atoms with Gasteiger partial charge in [-0.3, -0.25) is 5.32 Å². The second kappa shape index (κ2) is 6.03. The summed E-state index contributed by atoms with van der Waals surface area (Å²) in [6.07, 6.45) is -0.590. The third-order valence-corrected chi connectivity index (χ3v) is 3.22. The Kier molecular flexibility index (Phi) is 3.93. The molecule has 0 fully saturated rings. The number of hydrogen-bond acceptors (Lipinski definition) is 4. The fourth-order valence-corrected chi connectivity index (χ4v) is 2.21. The Labute approximate surface area is 131 Å². The van der Waals surface area contributed by atoms with Gasteiger partial charge in [0.25, 0.3) is 0 Å². The van der Waals surface area contributed by atoms with E-state index in [2.05, 4.69) is 15.4 Å². The summed E-state index contributed by atoms with van der Waals surface area (Å²) in [7, 11) is 0. The van der Waals surface area contributed by atoms with Crippen LogP contribution in [-0.2, 0) is 11.3 Å². The van der Waals surface area contributed by atoms with Gasteiger partial charge in [-0.2, -0.15) is 5.10 Å². The van der Waals surface area contributed by atoms with Crippen molar-refractivity contribution in [3.63, 3.8) is 0 Å². The molecular weight excluding hydrogens is 304 g/mol. The lowest BCUT2D eigenvalue weighted by molar-refractivity contribution is 0.155. The highest BCUT2D eigenvalue weighted by atomic mass is 35.5. The van der Waals surface area contributed by atoms with Gasteiger partial charge in [-0.05, 0) is 12.5 Å². The van der Waals surface area contributed by atoms with Gasteiger partial charge in [0.05, 0.1) is 5.69 Å². The second-order valence-corrected chi connectivity index (χ2v) is 5.09. The van der Waals surface area contributed by atoms with Crippen LogP contribution >= 0.6 is 11.6 Å². The van der Waals surface area contributed by atoms with Crippen LogP contribution in [-0.4, -0.2) is 20.7 Å². The molecule has 22 heavy (non-hydrogen) atoms. The summed E-state index contributed by atoms with van der Waals surface area (Å²) < 4.78 is 6.63. The number of aryl methyl sites for hydroxylation is 1. The summed E-state index contributed by atoms with van der Waals surface area (Å²) >= 11 is 6.10. The maximum atomic E-state index is 11.8. The molecule has 0 aliphatic carbocycles. The zero-order valence-corrected chi connectivity index (χ0v) is 12.5. The molecule has 0 unspecified atom stereocenters. The molecule has 0 saturated carbocycles. The van der Waals surface area contributed by atoms with Crippen molar-refractivity contribution in [2.75, 3.05) is 5.32 Å². The molecule has 1 amide bonds. The number of benzene rings is 1. The summed E-state index contributed by atoms with van der Waals surface area (Å²) in [6, 6.07) is 12.7. The summed E-state index contributed by atoms with van der Waals surface area (Å²) in [6.45, 7) is 2.03. The first-order valence-corrected chi connectivity index (χ1v) is 7.00. The van der Waals surface area contributed by atoms with Crippen LogP contribution in [0.5, 0.6) is 0 Å². The molecule has 1 aromatic carbocycles. The maximum Gasteiger partial charge on any atom is 0.413 e. The number of rotatable bonds is 3. The van der Waals surface area contributed by atoms with Crippen LogP contribution in [0, 0.1) is 6.92 Å². The minimum absolute atomic E-state index is 0.189. The number of carbonyl (C=O) groups excluding carboxylic acids is 1. The van der Waals surface area contributed by atoms with Gasteiger partial charge in [-0.1, -0.05) is 41.9 Å². The number of anilines is 1. The molecule has 0 radical (unpaired) electrons. The van der Waals surface area contributed by atoms with E-state index in [1.54, 1.807) is 6.07 Å². The van der Waals surface area contributed by atoms with Crippen molar-refractivity contribution in [1.82, 2.24) is 14.6 Å². The average Bonchev–Trinajstić information content (AvgIpc) is 2.87. The predicted octanol–water partition coefficient (Wildman–Crippen LogP) is 3.44. The normalized spacial score (nSPS) is 10.6. The molecule has 0 spiro atoms. The Morgan fingerprint density at radius 1 is 1.32 bits per heavy atom. The number of fused-ring (bicyclic) bond motifs is 1. The number of amides is 1. The second-order valence-electron chi connectivity index (χ2n) is 4.71. The number of hydrogen-bond donors (Lipinski definition) is 1. The van der Waals surface area contributed by atoms with Crippen molar-refractivity contribution in [2.45, 2.75) is 13.5 Å². The van der Waals surface area contributed by atoms with Crippen molar-refractivity contribution in [1.29, 1.82) is 0 Å². The number of aromatic nitrogens is 3. The number of halogens is 1. The summed E-state index contributed by atoms with van der Waals surface area (Å²) in [4.78, 5) is 16.1. The first-order chi connectivity index (χ1) is 10.6. The fraction of sp³-hybridized carbons (Fsp3) is 0.133. The van der Waals surface area contributed by atoms with Gasteiger partial charge in [0.1, 0.15) is 17.6 Å². The first kappa shape index (κ1) is 14.3. The molecule has 7 heteroatoms. The molecular formula is C15H13ClN4O2. The largest absolute Gasteiger partial charge is 0.444 e. The SMILES string of the molecule is Cc1cc2nc(NC(=O)OCc3ccccc3)cc(Cl)n2n1. The van der Waals surface area contributed by atoms with E-state index in [1.807, 2.05) is 37.3 Å². The molecule has 6 nitrogen and oxygen atoms in total. The molecule has 0 atom stereocenters. The lowest BCUT2D eigenvalue weighted by atomic mass is 10.2. The standard InChI is InChI=1S/C15H13ClN4O2/c1-10-7-14-17-13(8-12(16)20(14)19-10)18-15(21)22-9-11-5-3-2-4-6-11/h2-8H,9H2,1H3,(H,17,18,21). The topological polar surface area (TPSA) is 68.5 Å². The minimum Gasteiger partial charge on any atom is -0.444 e. The quantitative estimate of drug-likeness (QED) is 0.752. The number of carbonyl (C=O) groups is 1. The molecule has 2 aromatic heterocycles. The van der Waals surface area contributed by atoms with Crippen LogP contribution in [0.25, 0.3) is 5.65 Å². The summed E-state index contributed by atoms with van der Waals surface area (Å²) in [5, 5.41) is 7.10. The third kappa shape index (κ3) is 3.17. The van der Waals surface area contributed by atoms with Gasteiger partial charge in [0.15, 0.2) is 5.65 Å². The van der Waals surface area contributed by atoms with Gasteiger partial charge < -0.3 is 4.74 Å². The van der Waals surface area contributed by atoms with Crippen molar-refractivity contribution in [2.24, 2.45) is 0 Å². The van der Waals surface area contributed by atoms with Crippen molar-refractivity contribution in [3.05, 3.63) is 58.9 Å². The Hall–Kier alpha value is -2.60. The Bertz CT molecular complexity index is 817. The minimum atomic E-state index is -0.590. The highest BCUT2D eigenvalue weighted by Crippen LogP contribution is 2.17. The first-order valence-electron chi connectivity index (χ1n) is 6.62. The van der Waals surface area contributed by atoms with Gasteiger partial charge in [0.2, 0.25) is 0 Å². The highest BCUT2D eigenvalue weighted by molar-refractivity contribution is 6.30. The summed E-state index contributed by atoms with van der Waals surface area (Å²) in [5.41, 5.74) is 2.26. The molecule has 0 aliphatic heterocycles. The molecule has 0 saturated heterocycles. The highest BCUT2D eigenvalue weighted by Gasteiger charge is 2.10. The van der Waals surface area contributed by atoms with Crippen molar-refractivity contribution >= 4 is 29.2 Å². The van der Waals surface area contributed by atoms with Crippen LogP contribution in [0.15, 0.2) is 42.5 Å². The van der Waals surface area contributed by atoms with E-state index in [1.165, 1.54) is 10.6 Å². The lowest BCUT2D eigenvalue weighted by Crippen LogP contribution is -2.15. The van der Waals surface area contributed by atoms with Gasteiger partial charge in [-0.15, -0.1) is 0 Å². The predicted molar refractivity (Wildman–Crippen MR) is 83.0 cm³/mol. The molecule has 2 heterocycles. The molecule has 0 aliphatic rings. The van der Waals surface area contributed by atoms with E-state index in [9.17, 15) is 4.79 Å². The molecule has 3 aromatic rings. The Morgan fingerprint density at radius 2 is 2.09 bits per heavy atom. The maximum absolute atomic E-state index is 11.8. The van der Waals surface area contributed by atoms with Crippen LogP contribution in [0.1, 0.15) is 11.3 Å². The lowest BCUT2D eigenvalue weighted by Gasteiger charge is -2.07. The third-order valence-electron chi connectivity index (χ3n) is 2.95. The van der Waals surface area contributed by atoms with Crippen LogP contribution < -0.4 is 5.32 Å². The molecule has 3 rings (SSSR count). The van der Waals surface area contributed by atoms with Gasteiger partial charge in [-0.25, -0.2) is 14.3 Å². The molecule has 1 N–H and O–H groups in total. The van der Waals surface area contributed by atoms with Crippen molar-refractivity contribution in [3.8, 4) is 0 Å². The number of nitrogens with one attached hydrogen (secondary N) is 1. The number of nitrogens with zero attached hydrogens (tertiary/aromatic N) is 3. The molecule has 0 bridgehead atoms. The van der Waals surface area contributed by atoms with E-state index in [0.717, 1.165) is 11.3 Å². The summed E-state index contributed by atoms with van der Waals surface area (Å²) in [5.74, 6) is 0.315.